The van der Waals surface area contributed by atoms with Crippen molar-refractivity contribution in [1.29, 1.82) is 0 Å². The molecule has 0 amide bonds. The van der Waals surface area contributed by atoms with E-state index in [1.807, 2.05) is 24.3 Å². The molecule has 0 saturated heterocycles. The summed E-state index contributed by atoms with van der Waals surface area (Å²) in [6.07, 6.45) is 0. The SMILES string of the molecule is [c]1ccccc1-c1ccccc1-c1ccccc1-c1ccccc1-c1ccccc1-c1ccccc1-c1ccccc1-c1ccccc1-c1ccccc1-c1[c]cccc1. The van der Waals surface area contributed by atoms with Crippen LogP contribution in [0.3, 0.4) is 0 Å². The van der Waals surface area contributed by atoms with Gasteiger partial charge in [0.25, 0.3) is 0 Å². The van der Waals surface area contributed by atoms with Crippen LogP contribution in [0, 0.1) is 12.1 Å². The summed E-state index contributed by atoms with van der Waals surface area (Å²) in [5.41, 5.74) is 21.1. The van der Waals surface area contributed by atoms with Gasteiger partial charge >= 0.3 is 0 Å². The van der Waals surface area contributed by atoms with Crippen molar-refractivity contribution in [2.75, 3.05) is 0 Å². The van der Waals surface area contributed by atoms with Crippen LogP contribution < -0.4 is 0 Å². The largest absolute Gasteiger partial charge is 0.0616 e. The first-order chi connectivity index (χ1) is 29.8. The molecule has 0 bridgehead atoms. The van der Waals surface area contributed by atoms with E-state index in [-0.39, 0.29) is 0 Å². The van der Waals surface area contributed by atoms with E-state index in [2.05, 4.69) is 231 Å². The van der Waals surface area contributed by atoms with Gasteiger partial charge in [-0.15, -0.1) is 0 Å². The molecule has 0 aromatic heterocycles. The smallest absolute Gasteiger partial charge is 0.00990 e. The zero-order chi connectivity index (χ0) is 40.1. The average Bonchev–Trinajstić information content (AvgIpc) is 3.34. The zero-order valence-corrected chi connectivity index (χ0v) is 33.1. The van der Waals surface area contributed by atoms with Gasteiger partial charge in [0.15, 0.2) is 0 Å². The lowest BCUT2D eigenvalue weighted by atomic mass is 9.82. The van der Waals surface area contributed by atoms with E-state index >= 15 is 0 Å². The molecule has 0 aliphatic rings. The summed E-state index contributed by atoms with van der Waals surface area (Å²) >= 11 is 0. The van der Waals surface area contributed by atoms with E-state index in [0.717, 1.165) is 11.1 Å². The first-order valence-electron chi connectivity index (χ1n) is 20.5. The summed E-state index contributed by atoms with van der Waals surface area (Å²) in [5, 5.41) is 0. The van der Waals surface area contributed by atoms with Crippen molar-refractivity contribution < 1.29 is 0 Å². The fourth-order valence-corrected chi connectivity index (χ4v) is 8.74. The molecule has 0 N–H and O–H groups in total. The van der Waals surface area contributed by atoms with Crippen LogP contribution in [0.25, 0.3) is 100 Å². The Morgan fingerprint density at radius 3 is 0.467 bits per heavy atom. The van der Waals surface area contributed by atoms with Gasteiger partial charge in [-0.1, -0.05) is 243 Å². The molecule has 2 radical (unpaired) electrons. The highest BCUT2D eigenvalue weighted by Gasteiger charge is 2.21. The molecule has 0 aliphatic heterocycles. The van der Waals surface area contributed by atoms with Crippen LogP contribution in [-0.2, 0) is 0 Å². The Kier molecular flexibility index (Phi) is 10.1. The Morgan fingerprint density at radius 1 is 0.150 bits per heavy atom. The van der Waals surface area contributed by atoms with Crippen LogP contribution in [0.15, 0.2) is 243 Å². The molecule has 0 spiro atoms. The van der Waals surface area contributed by atoms with Gasteiger partial charge in [-0.3, -0.25) is 0 Å². The number of rotatable bonds is 9. The van der Waals surface area contributed by atoms with Crippen molar-refractivity contribution in [3.63, 3.8) is 0 Å². The predicted molar refractivity (Wildman–Crippen MR) is 253 cm³/mol. The zero-order valence-electron chi connectivity index (χ0n) is 33.1. The van der Waals surface area contributed by atoms with Crippen LogP contribution in [0.2, 0.25) is 0 Å². The first kappa shape index (κ1) is 36.5. The molecule has 10 rings (SSSR count). The maximum atomic E-state index is 3.47. The normalized spacial score (nSPS) is 11.0. The summed E-state index contributed by atoms with van der Waals surface area (Å²) in [7, 11) is 0. The molecule has 0 saturated carbocycles. The van der Waals surface area contributed by atoms with Crippen molar-refractivity contribution in [2.45, 2.75) is 0 Å². The molecular weight excluding hydrogens is 721 g/mol. The number of hydrogen-bond acceptors (Lipinski definition) is 0. The van der Waals surface area contributed by atoms with Crippen LogP contribution >= 0.6 is 0 Å². The molecule has 0 heterocycles. The average molecular weight is 761 g/mol. The van der Waals surface area contributed by atoms with Gasteiger partial charge in [0.2, 0.25) is 0 Å². The fourth-order valence-electron chi connectivity index (χ4n) is 8.74. The van der Waals surface area contributed by atoms with E-state index in [9.17, 15) is 0 Å². The van der Waals surface area contributed by atoms with E-state index in [1.54, 1.807) is 0 Å². The molecule has 0 unspecified atom stereocenters. The quantitative estimate of drug-likeness (QED) is 0.137. The summed E-state index contributed by atoms with van der Waals surface area (Å²) in [4.78, 5) is 0. The van der Waals surface area contributed by atoms with Crippen molar-refractivity contribution in [3.8, 4) is 100 Å². The third kappa shape index (κ3) is 6.95. The molecule has 0 nitrogen and oxygen atoms in total. The molecule has 0 fully saturated rings. The second-order valence-corrected chi connectivity index (χ2v) is 14.9. The molecule has 0 aliphatic carbocycles. The molecule has 0 atom stereocenters. The minimum absolute atomic E-state index is 1.08. The number of benzene rings is 10. The van der Waals surface area contributed by atoms with E-state index < -0.39 is 0 Å². The molecule has 10 aromatic rings. The Balaban J connectivity index is 1.12. The highest BCUT2D eigenvalue weighted by molar-refractivity contribution is 6.02. The van der Waals surface area contributed by atoms with Gasteiger partial charge in [-0.2, -0.15) is 0 Å². The molecule has 10 aromatic carbocycles. The minimum Gasteiger partial charge on any atom is -0.0616 e. The topological polar surface area (TPSA) is 0 Å². The van der Waals surface area contributed by atoms with Gasteiger partial charge in [-0.25, -0.2) is 0 Å². The van der Waals surface area contributed by atoms with Crippen molar-refractivity contribution >= 4 is 0 Å². The van der Waals surface area contributed by atoms with Gasteiger partial charge < -0.3 is 0 Å². The highest BCUT2D eigenvalue weighted by Crippen LogP contribution is 2.47. The van der Waals surface area contributed by atoms with Gasteiger partial charge in [0.05, 0.1) is 0 Å². The van der Waals surface area contributed by atoms with E-state index in [0.29, 0.717) is 0 Å². The van der Waals surface area contributed by atoms with Gasteiger partial charge in [0, 0.05) is 0 Å². The Bertz CT molecular complexity index is 2870. The summed E-state index contributed by atoms with van der Waals surface area (Å²) in [6, 6.07) is 93.9. The van der Waals surface area contributed by atoms with Crippen molar-refractivity contribution in [1.82, 2.24) is 0 Å². The second-order valence-electron chi connectivity index (χ2n) is 14.9. The summed E-state index contributed by atoms with van der Waals surface area (Å²) < 4.78 is 0. The maximum absolute atomic E-state index is 3.47. The van der Waals surface area contributed by atoms with Crippen LogP contribution in [-0.4, -0.2) is 0 Å². The molecule has 60 heavy (non-hydrogen) atoms. The fraction of sp³-hybridized carbons (Fsp3) is 0. The predicted octanol–water partition coefficient (Wildman–Crippen LogP) is 16.3. The third-order valence-corrected chi connectivity index (χ3v) is 11.4. The Morgan fingerprint density at radius 2 is 0.300 bits per heavy atom. The van der Waals surface area contributed by atoms with Crippen molar-refractivity contribution in [2.24, 2.45) is 0 Å². The van der Waals surface area contributed by atoms with Gasteiger partial charge in [0.1, 0.15) is 0 Å². The van der Waals surface area contributed by atoms with Crippen LogP contribution in [0.4, 0.5) is 0 Å². The van der Waals surface area contributed by atoms with E-state index in [4.69, 9.17) is 0 Å². The van der Waals surface area contributed by atoms with Crippen molar-refractivity contribution in [3.05, 3.63) is 255 Å². The van der Waals surface area contributed by atoms with Crippen LogP contribution in [0.1, 0.15) is 0 Å². The lowest BCUT2D eigenvalue weighted by Crippen LogP contribution is -1.94. The minimum atomic E-state index is 1.08. The molecule has 0 heteroatoms. The third-order valence-electron chi connectivity index (χ3n) is 11.4. The summed E-state index contributed by atoms with van der Waals surface area (Å²) in [5.74, 6) is 0. The standard InChI is InChI=1S/C60H40/c1-3-23-43(24-4-1)45-27-7-9-29-47(45)49-31-11-13-33-51(49)53-35-15-17-37-55(53)57-39-19-21-41-59(57)60-42-22-20-40-58(60)56-38-18-16-36-54(56)52-34-14-12-32-50(52)48-30-10-8-28-46(48)44-25-5-2-6-26-44/h1-23,25,27-42H. The highest BCUT2D eigenvalue weighted by atomic mass is 14.2. The Hall–Kier alpha value is -7.80. The monoisotopic (exact) mass is 760 g/mol. The number of hydrogen-bond donors (Lipinski definition) is 0. The summed E-state index contributed by atoms with van der Waals surface area (Å²) in [6.45, 7) is 0. The first-order valence-corrected chi connectivity index (χ1v) is 20.5. The van der Waals surface area contributed by atoms with Gasteiger partial charge in [-0.05, 0) is 112 Å². The van der Waals surface area contributed by atoms with E-state index in [1.165, 1.54) is 89.0 Å². The van der Waals surface area contributed by atoms with Crippen LogP contribution in [0.5, 0.6) is 0 Å². The second kappa shape index (κ2) is 16.6. The Labute approximate surface area is 353 Å². The molecule has 280 valence electrons. The lowest BCUT2D eigenvalue weighted by molar-refractivity contribution is 1.53. The lowest BCUT2D eigenvalue weighted by Gasteiger charge is -2.21. The maximum Gasteiger partial charge on any atom is -0.00990 e. The molecular formula is C60H40.